The second-order valence-electron chi connectivity index (χ2n) is 3.95. The minimum Gasteiger partial charge on any atom is -0.256 e. The van der Waals surface area contributed by atoms with E-state index in [0.29, 0.717) is 5.92 Å². The highest BCUT2D eigenvalue weighted by atomic mass is 14.6. The zero-order valence-electron chi connectivity index (χ0n) is 8.40. The van der Waals surface area contributed by atoms with Gasteiger partial charge in [-0.2, -0.15) is 0 Å². The first-order valence-electron chi connectivity index (χ1n) is 5.28. The number of aromatic nitrogens is 1. The number of pyridine rings is 1. The van der Waals surface area contributed by atoms with E-state index in [1.54, 1.807) is 0 Å². The van der Waals surface area contributed by atoms with Crippen molar-refractivity contribution in [3.63, 3.8) is 0 Å². The summed E-state index contributed by atoms with van der Waals surface area (Å²) in [6, 6.07) is 10.2. The van der Waals surface area contributed by atoms with Crippen molar-refractivity contribution in [3.8, 4) is 11.8 Å². The van der Waals surface area contributed by atoms with Crippen molar-refractivity contribution in [2.24, 2.45) is 5.92 Å². The molecule has 1 aromatic carbocycles. The van der Waals surface area contributed by atoms with Crippen molar-refractivity contribution < 1.29 is 0 Å². The molecular formula is C14H11N. The molecule has 0 atom stereocenters. The lowest BCUT2D eigenvalue weighted by molar-refractivity contribution is 1.18. The van der Waals surface area contributed by atoms with E-state index >= 15 is 0 Å². The molecule has 0 N–H and O–H groups in total. The summed E-state index contributed by atoms with van der Waals surface area (Å²) < 4.78 is 0. The van der Waals surface area contributed by atoms with Gasteiger partial charge >= 0.3 is 0 Å². The predicted octanol–water partition coefficient (Wildman–Crippen LogP) is 3.00. The van der Waals surface area contributed by atoms with Gasteiger partial charge in [-0.15, -0.1) is 0 Å². The Bertz CT molecular complexity index is 556. The summed E-state index contributed by atoms with van der Waals surface area (Å²) >= 11 is 0. The Labute approximate surface area is 89.2 Å². The number of fused-ring (bicyclic) bond motifs is 1. The average Bonchev–Trinajstić information content (AvgIpc) is 3.10. The Morgan fingerprint density at radius 1 is 1.20 bits per heavy atom. The molecule has 1 saturated carbocycles. The first-order chi connectivity index (χ1) is 7.42. The van der Waals surface area contributed by atoms with E-state index in [4.69, 9.17) is 0 Å². The Kier molecular flexibility index (Phi) is 1.93. The van der Waals surface area contributed by atoms with Crippen molar-refractivity contribution in [1.82, 2.24) is 4.98 Å². The first-order valence-corrected chi connectivity index (χ1v) is 5.28. The summed E-state index contributed by atoms with van der Waals surface area (Å²) in [7, 11) is 0. The molecule has 0 bridgehead atoms. The fourth-order valence-corrected chi connectivity index (χ4v) is 1.57. The van der Waals surface area contributed by atoms with Crippen LogP contribution in [0, 0.1) is 17.8 Å². The molecule has 0 unspecified atom stereocenters. The molecule has 1 aromatic heterocycles. The van der Waals surface area contributed by atoms with Gasteiger partial charge in [0.05, 0.1) is 5.52 Å². The third-order valence-electron chi connectivity index (χ3n) is 2.60. The standard InChI is InChI=1S/C14H11N/c1-2-13-10-12(6-5-11-3-4-11)7-8-14(13)15-9-1/h1-2,7-11H,3-4H2. The van der Waals surface area contributed by atoms with E-state index in [-0.39, 0.29) is 0 Å². The number of hydrogen-bond donors (Lipinski definition) is 0. The van der Waals surface area contributed by atoms with Crippen molar-refractivity contribution in [1.29, 1.82) is 0 Å². The minimum atomic E-state index is 0.662. The van der Waals surface area contributed by atoms with Crippen LogP contribution >= 0.6 is 0 Å². The number of benzene rings is 1. The molecule has 1 fully saturated rings. The van der Waals surface area contributed by atoms with Gasteiger partial charge < -0.3 is 0 Å². The molecule has 1 heteroatoms. The van der Waals surface area contributed by atoms with Crippen molar-refractivity contribution >= 4 is 10.9 Å². The molecule has 0 amide bonds. The maximum atomic E-state index is 4.28. The lowest BCUT2D eigenvalue weighted by Gasteiger charge is -1.96. The third kappa shape index (κ3) is 1.85. The summed E-state index contributed by atoms with van der Waals surface area (Å²) in [5.74, 6) is 7.15. The molecule has 15 heavy (non-hydrogen) atoms. The number of hydrogen-bond acceptors (Lipinski definition) is 1. The summed E-state index contributed by atoms with van der Waals surface area (Å²) in [5.41, 5.74) is 2.14. The molecule has 1 nitrogen and oxygen atoms in total. The predicted molar refractivity (Wildman–Crippen MR) is 61.3 cm³/mol. The Morgan fingerprint density at radius 2 is 2.13 bits per heavy atom. The van der Waals surface area contributed by atoms with Gasteiger partial charge in [0, 0.05) is 23.1 Å². The van der Waals surface area contributed by atoms with E-state index in [1.807, 2.05) is 24.4 Å². The second-order valence-corrected chi connectivity index (χ2v) is 3.95. The molecule has 0 saturated heterocycles. The maximum absolute atomic E-state index is 4.28. The van der Waals surface area contributed by atoms with Crippen molar-refractivity contribution in [3.05, 3.63) is 42.1 Å². The molecule has 2 aromatic rings. The highest BCUT2D eigenvalue weighted by Gasteiger charge is 2.17. The highest BCUT2D eigenvalue weighted by molar-refractivity contribution is 5.79. The SMILES string of the molecule is C(#CC1CC1)c1ccc2ncccc2c1. The van der Waals surface area contributed by atoms with Crippen LogP contribution in [0.4, 0.5) is 0 Å². The van der Waals surface area contributed by atoms with Crippen LogP contribution in [0.3, 0.4) is 0 Å². The van der Waals surface area contributed by atoms with E-state index < -0.39 is 0 Å². The third-order valence-corrected chi connectivity index (χ3v) is 2.60. The van der Waals surface area contributed by atoms with Gasteiger partial charge in [0.25, 0.3) is 0 Å². The topological polar surface area (TPSA) is 12.9 Å². The molecule has 0 aliphatic heterocycles. The summed E-state index contributed by atoms with van der Waals surface area (Å²) in [5, 5.41) is 1.17. The average molecular weight is 193 g/mol. The molecule has 3 rings (SSSR count). The van der Waals surface area contributed by atoms with Crippen LogP contribution in [0.15, 0.2) is 36.5 Å². The fraction of sp³-hybridized carbons (Fsp3) is 0.214. The van der Waals surface area contributed by atoms with Gasteiger partial charge in [-0.05, 0) is 37.1 Å². The van der Waals surface area contributed by atoms with Crippen LogP contribution < -0.4 is 0 Å². The summed E-state index contributed by atoms with van der Waals surface area (Å²) in [6.07, 6.45) is 4.38. The molecule has 0 spiro atoms. The minimum absolute atomic E-state index is 0.662. The first kappa shape index (κ1) is 8.49. The lowest BCUT2D eigenvalue weighted by atomic mass is 10.1. The monoisotopic (exact) mass is 193 g/mol. The molecule has 72 valence electrons. The summed E-state index contributed by atoms with van der Waals surface area (Å²) in [6.45, 7) is 0. The maximum Gasteiger partial charge on any atom is 0.0702 e. The largest absolute Gasteiger partial charge is 0.256 e. The lowest BCUT2D eigenvalue weighted by Crippen LogP contribution is -1.79. The number of rotatable bonds is 0. The molecule has 1 aliphatic rings. The zero-order chi connectivity index (χ0) is 10.1. The van der Waals surface area contributed by atoms with Crippen LogP contribution in [0.5, 0.6) is 0 Å². The van der Waals surface area contributed by atoms with Crippen molar-refractivity contribution in [2.75, 3.05) is 0 Å². The number of nitrogens with zero attached hydrogens (tertiary/aromatic N) is 1. The zero-order valence-corrected chi connectivity index (χ0v) is 8.40. The van der Waals surface area contributed by atoms with Gasteiger partial charge in [-0.1, -0.05) is 17.9 Å². The van der Waals surface area contributed by atoms with Gasteiger partial charge in [0.2, 0.25) is 0 Å². The smallest absolute Gasteiger partial charge is 0.0702 e. The van der Waals surface area contributed by atoms with Gasteiger partial charge in [-0.25, -0.2) is 0 Å². The molecule has 0 radical (unpaired) electrons. The van der Waals surface area contributed by atoms with Gasteiger partial charge in [0.1, 0.15) is 0 Å². The van der Waals surface area contributed by atoms with Crippen LogP contribution in [0.2, 0.25) is 0 Å². The van der Waals surface area contributed by atoms with Crippen LogP contribution in [0.25, 0.3) is 10.9 Å². The fourth-order valence-electron chi connectivity index (χ4n) is 1.57. The van der Waals surface area contributed by atoms with Crippen LogP contribution in [0.1, 0.15) is 18.4 Å². The van der Waals surface area contributed by atoms with E-state index in [0.717, 1.165) is 11.1 Å². The van der Waals surface area contributed by atoms with E-state index in [2.05, 4.69) is 29.0 Å². The van der Waals surface area contributed by atoms with Crippen LogP contribution in [-0.4, -0.2) is 4.98 Å². The van der Waals surface area contributed by atoms with Gasteiger partial charge in [0.15, 0.2) is 0 Å². The quantitative estimate of drug-likeness (QED) is 0.586. The molecule has 1 aliphatic carbocycles. The van der Waals surface area contributed by atoms with Crippen molar-refractivity contribution in [2.45, 2.75) is 12.8 Å². The Balaban J connectivity index is 2.02. The Morgan fingerprint density at radius 3 is 3.00 bits per heavy atom. The van der Waals surface area contributed by atoms with E-state index in [9.17, 15) is 0 Å². The second kappa shape index (κ2) is 3.40. The summed E-state index contributed by atoms with van der Waals surface area (Å²) in [4.78, 5) is 4.28. The highest BCUT2D eigenvalue weighted by Crippen LogP contribution is 2.27. The normalized spacial score (nSPS) is 14.7. The van der Waals surface area contributed by atoms with Gasteiger partial charge in [-0.3, -0.25) is 4.98 Å². The Hall–Kier alpha value is -1.81. The molecule has 1 heterocycles. The van der Waals surface area contributed by atoms with Crippen LogP contribution in [-0.2, 0) is 0 Å². The van der Waals surface area contributed by atoms with E-state index in [1.165, 1.54) is 18.2 Å². The molecular weight excluding hydrogens is 182 g/mol.